The van der Waals surface area contributed by atoms with Crippen LogP contribution < -0.4 is 10.2 Å². The third kappa shape index (κ3) is 4.00. The van der Waals surface area contributed by atoms with E-state index in [0.29, 0.717) is 10.9 Å². The highest BCUT2D eigenvalue weighted by Crippen LogP contribution is 2.27. The number of rotatable bonds is 4. The van der Waals surface area contributed by atoms with Gasteiger partial charge < -0.3 is 15.3 Å². The maximum atomic E-state index is 11.0. The molecular weight excluding hydrogens is 312 g/mol. The highest BCUT2D eigenvalue weighted by atomic mass is 32.1. The second-order valence-corrected chi connectivity index (χ2v) is 6.44. The van der Waals surface area contributed by atoms with E-state index in [2.05, 4.69) is 20.1 Å². The van der Waals surface area contributed by atoms with E-state index in [9.17, 15) is 9.90 Å². The van der Waals surface area contributed by atoms with Crippen molar-refractivity contribution in [2.45, 2.75) is 13.5 Å². The zero-order chi connectivity index (χ0) is 16.2. The number of hydrogen-bond acceptors (Lipinski definition) is 6. The van der Waals surface area contributed by atoms with Crippen LogP contribution in [0.1, 0.15) is 12.6 Å². The van der Waals surface area contributed by atoms with Crippen LogP contribution in [0.25, 0.3) is 0 Å². The van der Waals surface area contributed by atoms with Gasteiger partial charge in [0, 0.05) is 45.0 Å². The molecular formula is C16H20N4O2S. The number of carbonyl (C=O) groups excluding carboxylic acids is 1. The van der Waals surface area contributed by atoms with Crippen LogP contribution in [-0.2, 0) is 11.3 Å². The van der Waals surface area contributed by atoms with E-state index in [-0.39, 0.29) is 5.91 Å². The Labute approximate surface area is 139 Å². The highest BCUT2D eigenvalue weighted by molar-refractivity contribution is 7.13. The Morgan fingerprint density at radius 2 is 2.04 bits per heavy atom. The van der Waals surface area contributed by atoms with E-state index >= 15 is 0 Å². The first-order valence-corrected chi connectivity index (χ1v) is 8.47. The molecule has 0 spiro atoms. The molecule has 0 aliphatic carbocycles. The lowest BCUT2D eigenvalue weighted by atomic mass is 10.2. The second kappa shape index (κ2) is 6.97. The Morgan fingerprint density at radius 1 is 1.30 bits per heavy atom. The fourth-order valence-electron chi connectivity index (χ4n) is 2.70. The van der Waals surface area contributed by atoms with Gasteiger partial charge in [-0.25, -0.2) is 4.98 Å². The summed E-state index contributed by atoms with van der Waals surface area (Å²) in [7, 11) is 0. The number of phenols is 1. The number of phenolic OH excluding ortho intramolecular Hbond substituents is 1. The van der Waals surface area contributed by atoms with Crippen molar-refractivity contribution in [2.24, 2.45) is 0 Å². The molecule has 1 aliphatic rings. The Bertz CT molecular complexity index is 680. The van der Waals surface area contributed by atoms with Crippen LogP contribution in [0.5, 0.6) is 5.75 Å². The van der Waals surface area contributed by atoms with Crippen LogP contribution in [0.2, 0.25) is 0 Å². The molecule has 0 radical (unpaired) electrons. The molecule has 23 heavy (non-hydrogen) atoms. The first-order chi connectivity index (χ1) is 11.1. The monoisotopic (exact) mass is 332 g/mol. The third-order valence-corrected chi connectivity index (χ3v) is 4.62. The minimum Gasteiger partial charge on any atom is -0.506 e. The minimum absolute atomic E-state index is 0.0952. The summed E-state index contributed by atoms with van der Waals surface area (Å²) in [5.41, 5.74) is 1.88. The lowest BCUT2D eigenvalue weighted by molar-refractivity contribution is -0.114. The van der Waals surface area contributed by atoms with E-state index in [1.165, 1.54) is 18.3 Å². The lowest BCUT2D eigenvalue weighted by Crippen LogP contribution is -2.46. The summed E-state index contributed by atoms with van der Waals surface area (Å²) < 4.78 is 0. The molecule has 1 amide bonds. The standard InChI is InChI=1S/C16H20N4O2S/c1-12(21)17-16-18-13(11-23-16)10-19-6-8-20(9-7-19)14-4-2-3-5-15(14)22/h2-5,11,22H,6-10H2,1H3,(H,17,18,21). The van der Waals surface area contributed by atoms with E-state index in [0.717, 1.165) is 44.1 Å². The number of hydrogen-bond donors (Lipinski definition) is 2. The van der Waals surface area contributed by atoms with Gasteiger partial charge in [0.25, 0.3) is 0 Å². The normalized spacial score (nSPS) is 15.6. The van der Waals surface area contributed by atoms with Gasteiger partial charge in [-0.3, -0.25) is 9.69 Å². The molecule has 2 N–H and O–H groups in total. The predicted octanol–water partition coefficient (Wildman–Crippen LogP) is 2.13. The maximum absolute atomic E-state index is 11.0. The van der Waals surface area contributed by atoms with Crippen molar-refractivity contribution in [3.8, 4) is 5.75 Å². The highest BCUT2D eigenvalue weighted by Gasteiger charge is 2.19. The number of aromatic hydroxyl groups is 1. The minimum atomic E-state index is -0.0952. The molecule has 1 aromatic heterocycles. The molecule has 7 heteroatoms. The van der Waals surface area contributed by atoms with E-state index in [4.69, 9.17) is 0 Å². The number of carbonyl (C=O) groups is 1. The number of anilines is 2. The van der Waals surface area contributed by atoms with Gasteiger partial charge in [0.2, 0.25) is 5.91 Å². The third-order valence-electron chi connectivity index (χ3n) is 3.82. The zero-order valence-electron chi connectivity index (χ0n) is 13.0. The Hall–Kier alpha value is -2.12. The molecule has 6 nitrogen and oxygen atoms in total. The molecule has 0 unspecified atom stereocenters. The number of aromatic nitrogens is 1. The fraction of sp³-hybridized carbons (Fsp3) is 0.375. The summed E-state index contributed by atoms with van der Waals surface area (Å²) >= 11 is 1.45. The molecule has 0 bridgehead atoms. The Kier molecular flexibility index (Phi) is 4.78. The van der Waals surface area contributed by atoms with Crippen molar-refractivity contribution in [3.05, 3.63) is 35.3 Å². The average Bonchev–Trinajstić information content (AvgIpc) is 2.95. The first kappa shape index (κ1) is 15.8. The lowest BCUT2D eigenvalue weighted by Gasteiger charge is -2.36. The number of amides is 1. The molecule has 122 valence electrons. The number of piperazine rings is 1. The summed E-state index contributed by atoms with van der Waals surface area (Å²) in [5, 5.41) is 15.3. The van der Waals surface area contributed by atoms with Crippen LogP contribution >= 0.6 is 11.3 Å². The number of benzene rings is 1. The number of nitrogens with zero attached hydrogens (tertiary/aromatic N) is 3. The maximum Gasteiger partial charge on any atom is 0.223 e. The molecule has 0 saturated carbocycles. The summed E-state index contributed by atoms with van der Waals surface area (Å²) in [6.07, 6.45) is 0. The summed E-state index contributed by atoms with van der Waals surface area (Å²) in [5.74, 6) is 0.239. The SMILES string of the molecule is CC(=O)Nc1nc(CN2CCN(c3ccccc3O)CC2)cs1. The number of nitrogens with one attached hydrogen (secondary N) is 1. The Balaban J connectivity index is 1.54. The van der Waals surface area contributed by atoms with Crippen LogP contribution in [0.3, 0.4) is 0 Å². The molecule has 1 saturated heterocycles. The fourth-order valence-corrected chi connectivity index (χ4v) is 3.44. The van der Waals surface area contributed by atoms with Gasteiger partial charge in [0.05, 0.1) is 11.4 Å². The van der Waals surface area contributed by atoms with Crippen LogP contribution in [0.4, 0.5) is 10.8 Å². The van der Waals surface area contributed by atoms with Crippen molar-refractivity contribution < 1.29 is 9.90 Å². The number of thiazole rings is 1. The summed E-state index contributed by atoms with van der Waals surface area (Å²) in [6.45, 7) is 5.85. The average molecular weight is 332 g/mol. The Morgan fingerprint density at radius 3 is 2.74 bits per heavy atom. The van der Waals surface area contributed by atoms with Gasteiger partial charge in [0.15, 0.2) is 5.13 Å². The van der Waals surface area contributed by atoms with Gasteiger partial charge in [-0.1, -0.05) is 12.1 Å². The first-order valence-electron chi connectivity index (χ1n) is 7.59. The second-order valence-electron chi connectivity index (χ2n) is 5.58. The van der Waals surface area contributed by atoms with Gasteiger partial charge in [-0.15, -0.1) is 11.3 Å². The topological polar surface area (TPSA) is 68.7 Å². The van der Waals surface area contributed by atoms with E-state index in [1.807, 2.05) is 23.6 Å². The molecule has 1 fully saturated rings. The van der Waals surface area contributed by atoms with Crippen LogP contribution in [-0.4, -0.2) is 47.1 Å². The van der Waals surface area contributed by atoms with Crippen molar-refractivity contribution >= 4 is 28.1 Å². The summed E-state index contributed by atoms with van der Waals surface area (Å²) in [4.78, 5) is 20.0. The van der Waals surface area contributed by atoms with Crippen molar-refractivity contribution in [3.63, 3.8) is 0 Å². The zero-order valence-corrected chi connectivity index (χ0v) is 13.8. The molecule has 2 aromatic rings. The van der Waals surface area contributed by atoms with Crippen molar-refractivity contribution in [1.82, 2.24) is 9.88 Å². The van der Waals surface area contributed by atoms with Crippen LogP contribution in [0.15, 0.2) is 29.6 Å². The van der Waals surface area contributed by atoms with Crippen LogP contribution in [0, 0.1) is 0 Å². The van der Waals surface area contributed by atoms with Gasteiger partial charge in [-0.2, -0.15) is 0 Å². The van der Waals surface area contributed by atoms with Gasteiger partial charge in [-0.05, 0) is 12.1 Å². The van der Waals surface area contributed by atoms with E-state index in [1.54, 1.807) is 6.07 Å². The molecule has 0 atom stereocenters. The summed E-state index contributed by atoms with van der Waals surface area (Å²) in [6, 6.07) is 7.45. The predicted molar refractivity (Wildman–Crippen MR) is 92.0 cm³/mol. The van der Waals surface area contributed by atoms with Crippen molar-refractivity contribution in [2.75, 3.05) is 36.4 Å². The molecule has 1 aliphatic heterocycles. The number of para-hydroxylation sites is 2. The molecule has 2 heterocycles. The molecule has 3 rings (SSSR count). The van der Waals surface area contributed by atoms with Gasteiger partial charge in [0.1, 0.15) is 5.75 Å². The smallest absolute Gasteiger partial charge is 0.223 e. The molecule has 1 aromatic carbocycles. The quantitative estimate of drug-likeness (QED) is 0.898. The van der Waals surface area contributed by atoms with E-state index < -0.39 is 0 Å². The largest absolute Gasteiger partial charge is 0.506 e. The van der Waals surface area contributed by atoms with Gasteiger partial charge >= 0.3 is 0 Å². The van der Waals surface area contributed by atoms with Crippen molar-refractivity contribution in [1.29, 1.82) is 0 Å².